The van der Waals surface area contributed by atoms with E-state index in [4.69, 9.17) is 9.47 Å². The van der Waals surface area contributed by atoms with Crippen LogP contribution in [0.2, 0.25) is 0 Å². The van der Waals surface area contributed by atoms with Crippen molar-refractivity contribution in [2.45, 2.75) is 32.1 Å². The van der Waals surface area contributed by atoms with E-state index >= 15 is 0 Å². The summed E-state index contributed by atoms with van der Waals surface area (Å²) in [6.45, 7) is 2.71. The highest BCUT2D eigenvalue weighted by Gasteiger charge is 2.15. The fourth-order valence-electron chi connectivity index (χ4n) is 2.57. The van der Waals surface area contributed by atoms with Crippen molar-refractivity contribution in [2.75, 3.05) is 13.7 Å². The molecular formula is C20H23NO2. The van der Waals surface area contributed by atoms with Gasteiger partial charge in [0.15, 0.2) is 0 Å². The average molecular weight is 309 g/mol. The van der Waals surface area contributed by atoms with Crippen LogP contribution in [0.4, 0.5) is 0 Å². The van der Waals surface area contributed by atoms with Gasteiger partial charge in [-0.25, -0.2) is 0 Å². The van der Waals surface area contributed by atoms with Crippen molar-refractivity contribution in [3.05, 3.63) is 59.7 Å². The molecule has 0 saturated heterocycles. The number of nitrogens with zero attached hydrogens (tertiary/aromatic N) is 1. The Balaban J connectivity index is 1.84. The Bertz CT molecular complexity index is 646. The Kier molecular flexibility index (Phi) is 6.50. The topological polar surface area (TPSA) is 42.2 Å². The molecule has 0 fully saturated rings. The highest BCUT2D eigenvalue weighted by atomic mass is 16.5. The fourth-order valence-corrected chi connectivity index (χ4v) is 2.57. The summed E-state index contributed by atoms with van der Waals surface area (Å²) >= 11 is 0. The van der Waals surface area contributed by atoms with E-state index in [2.05, 4.69) is 6.07 Å². The van der Waals surface area contributed by atoms with E-state index < -0.39 is 0 Å². The van der Waals surface area contributed by atoms with Gasteiger partial charge in [0.2, 0.25) is 0 Å². The standard InChI is InChI=1S/C20H23NO2/c1-16-11-12-20(22-2)19(14-16)17(15-21)8-6-7-13-23-18-9-4-3-5-10-18/h3-5,9-12,14,17H,6-8,13H2,1-2H3. The number of unbranched alkanes of at least 4 members (excludes halogenated alkanes) is 1. The SMILES string of the molecule is COc1ccc(C)cc1C(C#N)CCCCOc1ccccc1. The van der Waals surface area contributed by atoms with E-state index in [-0.39, 0.29) is 5.92 Å². The summed E-state index contributed by atoms with van der Waals surface area (Å²) in [4.78, 5) is 0. The number of hydrogen-bond donors (Lipinski definition) is 0. The highest BCUT2D eigenvalue weighted by Crippen LogP contribution is 2.30. The molecular weight excluding hydrogens is 286 g/mol. The maximum atomic E-state index is 9.49. The fraction of sp³-hybridized carbons (Fsp3) is 0.350. The molecule has 2 aromatic rings. The minimum absolute atomic E-state index is 0.137. The molecule has 1 unspecified atom stereocenters. The van der Waals surface area contributed by atoms with E-state index in [1.165, 1.54) is 0 Å². The van der Waals surface area contributed by atoms with Gasteiger partial charge in [-0.15, -0.1) is 0 Å². The van der Waals surface area contributed by atoms with Crippen LogP contribution in [0.15, 0.2) is 48.5 Å². The van der Waals surface area contributed by atoms with Crippen LogP contribution in [0.25, 0.3) is 0 Å². The number of methoxy groups -OCH3 is 1. The third kappa shape index (κ3) is 5.03. The first-order chi connectivity index (χ1) is 11.2. The Morgan fingerprint density at radius 2 is 1.87 bits per heavy atom. The first kappa shape index (κ1) is 16.9. The van der Waals surface area contributed by atoms with E-state index in [0.29, 0.717) is 6.61 Å². The molecule has 23 heavy (non-hydrogen) atoms. The number of ether oxygens (including phenoxy) is 2. The lowest BCUT2D eigenvalue weighted by atomic mass is 9.93. The van der Waals surface area contributed by atoms with E-state index in [1.807, 2.05) is 55.5 Å². The number of benzene rings is 2. The van der Waals surface area contributed by atoms with E-state index in [1.54, 1.807) is 7.11 Å². The van der Waals surface area contributed by atoms with Crippen molar-refractivity contribution in [3.8, 4) is 17.6 Å². The molecule has 3 heteroatoms. The molecule has 0 amide bonds. The molecule has 0 aliphatic heterocycles. The second-order valence-corrected chi connectivity index (χ2v) is 5.58. The molecule has 0 N–H and O–H groups in total. The Hall–Kier alpha value is -2.47. The van der Waals surface area contributed by atoms with Crippen LogP contribution in [0, 0.1) is 18.3 Å². The molecule has 2 rings (SSSR count). The van der Waals surface area contributed by atoms with Crippen LogP contribution in [0.1, 0.15) is 36.3 Å². The number of para-hydroxylation sites is 1. The summed E-state index contributed by atoms with van der Waals surface area (Å²) in [6, 6.07) is 18.2. The van der Waals surface area contributed by atoms with Crippen LogP contribution in [0.5, 0.6) is 11.5 Å². The molecule has 0 bridgehead atoms. The summed E-state index contributed by atoms with van der Waals surface area (Å²) in [6.07, 6.45) is 2.69. The molecule has 2 aromatic carbocycles. The van der Waals surface area contributed by atoms with Crippen molar-refractivity contribution in [1.82, 2.24) is 0 Å². The number of aryl methyl sites for hydroxylation is 1. The van der Waals surface area contributed by atoms with Gasteiger partial charge in [0.25, 0.3) is 0 Å². The van der Waals surface area contributed by atoms with Gasteiger partial charge < -0.3 is 9.47 Å². The largest absolute Gasteiger partial charge is 0.496 e. The third-order valence-electron chi connectivity index (χ3n) is 3.82. The molecule has 0 aromatic heterocycles. The minimum atomic E-state index is -0.137. The highest BCUT2D eigenvalue weighted by molar-refractivity contribution is 5.41. The second kappa shape index (κ2) is 8.85. The zero-order valence-electron chi connectivity index (χ0n) is 13.8. The maximum absolute atomic E-state index is 9.49. The van der Waals surface area contributed by atoms with Crippen molar-refractivity contribution in [1.29, 1.82) is 5.26 Å². The van der Waals surface area contributed by atoms with Crippen molar-refractivity contribution in [2.24, 2.45) is 0 Å². The summed E-state index contributed by atoms with van der Waals surface area (Å²) in [5.41, 5.74) is 2.13. The number of hydrogen-bond acceptors (Lipinski definition) is 3. The van der Waals surface area contributed by atoms with Crippen LogP contribution < -0.4 is 9.47 Å². The van der Waals surface area contributed by atoms with Crippen LogP contribution >= 0.6 is 0 Å². The number of rotatable bonds is 8. The van der Waals surface area contributed by atoms with Crippen molar-refractivity contribution < 1.29 is 9.47 Å². The van der Waals surface area contributed by atoms with E-state index in [9.17, 15) is 5.26 Å². The summed E-state index contributed by atoms with van der Waals surface area (Å²) in [5, 5.41) is 9.49. The molecule has 1 atom stereocenters. The predicted octanol–water partition coefficient (Wildman–Crippen LogP) is 4.86. The summed E-state index contributed by atoms with van der Waals surface area (Å²) < 4.78 is 11.1. The molecule has 0 spiro atoms. The van der Waals surface area contributed by atoms with Gasteiger partial charge in [-0.1, -0.05) is 35.9 Å². The zero-order valence-corrected chi connectivity index (χ0v) is 13.8. The molecule has 0 aliphatic rings. The first-order valence-electron chi connectivity index (χ1n) is 7.96. The van der Waals surface area contributed by atoms with Gasteiger partial charge in [0, 0.05) is 5.56 Å². The lowest BCUT2D eigenvalue weighted by Crippen LogP contribution is -2.02. The van der Waals surface area contributed by atoms with Crippen LogP contribution in [0.3, 0.4) is 0 Å². The summed E-state index contributed by atoms with van der Waals surface area (Å²) in [5.74, 6) is 1.55. The number of nitriles is 1. The second-order valence-electron chi connectivity index (χ2n) is 5.58. The molecule has 3 nitrogen and oxygen atoms in total. The maximum Gasteiger partial charge on any atom is 0.123 e. The predicted molar refractivity (Wildman–Crippen MR) is 91.9 cm³/mol. The van der Waals surface area contributed by atoms with Crippen molar-refractivity contribution in [3.63, 3.8) is 0 Å². The van der Waals surface area contributed by atoms with Crippen LogP contribution in [-0.4, -0.2) is 13.7 Å². The van der Waals surface area contributed by atoms with Gasteiger partial charge in [-0.05, 0) is 44.4 Å². The molecule has 0 aliphatic carbocycles. The van der Waals surface area contributed by atoms with Gasteiger partial charge >= 0.3 is 0 Å². The van der Waals surface area contributed by atoms with Crippen LogP contribution in [-0.2, 0) is 0 Å². The smallest absolute Gasteiger partial charge is 0.123 e. The third-order valence-corrected chi connectivity index (χ3v) is 3.82. The lowest BCUT2D eigenvalue weighted by Gasteiger charge is -2.14. The van der Waals surface area contributed by atoms with Gasteiger partial charge in [-0.3, -0.25) is 0 Å². The Morgan fingerprint density at radius 1 is 1.09 bits per heavy atom. The van der Waals surface area contributed by atoms with Crippen molar-refractivity contribution >= 4 is 0 Å². The lowest BCUT2D eigenvalue weighted by molar-refractivity contribution is 0.304. The van der Waals surface area contributed by atoms with E-state index in [0.717, 1.165) is 41.9 Å². The minimum Gasteiger partial charge on any atom is -0.496 e. The molecule has 120 valence electrons. The van der Waals surface area contributed by atoms with Gasteiger partial charge in [0.1, 0.15) is 11.5 Å². The monoisotopic (exact) mass is 309 g/mol. The van der Waals surface area contributed by atoms with Gasteiger partial charge in [-0.2, -0.15) is 5.26 Å². The zero-order chi connectivity index (χ0) is 16.5. The Morgan fingerprint density at radius 3 is 2.57 bits per heavy atom. The average Bonchev–Trinajstić information content (AvgIpc) is 2.59. The Labute approximate surface area is 138 Å². The molecule has 0 saturated carbocycles. The molecule has 0 radical (unpaired) electrons. The quantitative estimate of drug-likeness (QED) is 0.654. The normalized spacial score (nSPS) is 11.5. The first-order valence-corrected chi connectivity index (χ1v) is 7.96. The summed E-state index contributed by atoms with van der Waals surface area (Å²) in [7, 11) is 1.65. The van der Waals surface area contributed by atoms with Gasteiger partial charge in [0.05, 0.1) is 25.7 Å². The molecule has 0 heterocycles.